The Morgan fingerprint density at radius 1 is 1.32 bits per heavy atom. The van der Waals surface area contributed by atoms with Gasteiger partial charge in [-0.25, -0.2) is 14.8 Å². The quantitative estimate of drug-likeness (QED) is 0.883. The number of aromatic carboxylic acids is 1. The Morgan fingerprint density at radius 3 is 2.68 bits per heavy atom. The second kappa shape index (κ2) is 5.57. The average Bonchev–Trinajstić information content (AvgIpc) is 2.82. The van der Waals surface area contributed by atoms with Crippen LogP contribution in [0.5, 0.6) is 0 Å². The van der Waals surface area contributed by atoms with Crippen LogP contribution in [-0.2, 0) is 6.54 Å². The lowest BCUT2D eigenvalue weighted by Gasteiger charge is -2.03. The highest BCUT2D eigenvalue weighted by Gasteiger charge is 2.11. The number of hydrogen-bond donors (Lipinski definition) is 2. The van der Waals surface area contributed by atoms with Gasteiger partial charge >= 0.3 is 5.97 Å². The molecule has 0 aliphatic rings. The van der Waals surface area contributed by atoms with Gasteiger partial charge in [-0.2, -0.15) is 0 Å². The van der Waals surface area contributed by atoms with Gasteiger partial charge in [0.15, 0.2) is 0 Å². The number of rotatable bonds is 4. The number of carbonyl (C=O) groups excluding carboxylic acids is 1. The molecule has 2 rings (SSSR count). The minimum Gasteiger partial charge on any atom is -0.477 e. The van der Waals surface area contributed by atoms with Crippen molar-refractivity contribution in [3.63, 3.8) is 0 Å². The Balaban J connectivity index is 2.03. The molecule has 1 amide bonds. The molecule has 0 aliphatic carbocycles. The molecule has 0 aromatic carbocycles. The molecule has 0 radical (unpaired) electrons. The predicted molar refractivity (Wildman–Crippen MR) is 69.2 cm³/mol. The molecule has 6 nitrogen and oxygen atoms in total. The molecule has 0 bridgehead atoms. The molecule has 0 fully saturated rings. The zero-order chi connectivity index (χ0) is 13.8. The Bertz CT molecular complexity index is 624. The van der Waals surface area contributed by atoms with Crippen LogP contribution in [0.1, 0.15) is 31.7 Å². The summed E-state index contributed by atoms with van der Waals surface area (Å²) in [5.74, 6) is -1.58. The van der Waals surface area contributed by atoms with Crippen molar-refractivity contribution in [2.24, 2.45) is 0 Å². The largest absolute Gasteiger partial charge is 0.477 e. The lowest BCUT2D eigenvalue weighted by molar-refractivity contribution is 0.0690. The molecule has 7 heteroatoms. The van der Waals surface area contributed by atoms with E-state index in [0.29, 0.717) is 6.54 Å². The van der Waals surface area contributed by atoms with E-state index in [1.165, 1.54) is 29.5 Å². The third kappa shape index (κ3) is 3.35. The number of carboxylic acids is 1. The van der Waals surface area contributed by atoms with Crippen molar-refractivity contribution in [3.05, 3.63) is 45.7 Å². The molecule has 0 unspecified atom stereocenters. The Kier molecular flexibility index (Phi) is 3.86. The van der Waals surface area contributed by atoms with Crippen LogP contribution in [0.15, 0.2) is 23.6 Å². The lowest BCUT2D eigenvalue weighted by Crippen LogP contribution is -2.24. The molecule has 0 saturated heterocycles. The zero-order valence-corrected chi connectivity index (χ0v) is 10.9. The van der Waals surface area contributed by atoms with Crippen molar-refractivity contribution in [1.29, 1.82) is 0 Å². The van der Waals surface area contributed by atoms with Crippen LogP contribution in [0.4, 0.5) is 0 Å². The fourth-order valence-electron chi connectivity index (χ4n) is 1.43. The number of nitrogens with zero attached hydrogens (tertiary/aromatic N) is 2. The molecule has 2 aromatic heterocycles. The number of carboxylic acid groups (broad SMARTS) is 1. The van der Waals surface area contributed by atoms with E-state index < -0.39 is 11.9 Å². The van der Waals surface area contributed by atoms with Crippen LogP contribution in [0.3, 0.4) is 0 Å². The second-order valence-corrected chi connectivity index (χ2v) is 4.82. The van der Waals surface area contributed by atoms with Gasteiger partial charge < -0.3 is 10.4 Å². The Hall–Kier alpha value is -2.28. The first-order valence-electron chi connectivity index (χ1n) is 5.46. The van der Waals surface area contributed by atoms with Gasteiger partial charge in [-0.1, -0.05) is 6.07 Å². The number of pyridine rings is 1. The summed E-state index contributed by atoms with van der Waals surface area (Å²) in [6, 6.07) is 4.29. The summed E-state index contributed by atoms with van der Waals surface area (Å²) in [6.45, 7) is 2.18. The van der Waals surface area contributed by atoms with Crippen LogP contribution in [-0.4, -0.2) is 27.0 Å². The third-order valence-corrected chi connectivity index (χ3v) is 3.12. The molecule has 2 heterocycles. The van der Waals surface area contributed by atoms with E-state index in [4.69, 9.17) is 5.11 Å². The normalized spacial score (nSPS) is 10.2. The monoisotopic (exact) mass is 277 g/mol. The highest BCUT2D eigenvalue weighted by molar-refractivity contribution is 7.09. The van der Waals surface area contributed by atoms with Crippen molar-refractivity contribution >= 4 is 23.2 Å². The highest BCUT2D eigenvalue weighted by Crippen LogP contribution is 2.07. The van der Waals surface area contributed by atoms with Gasteiger partial charge in [0.05, 0.1) is 17.2 Å². The van der Waals surface area contributed by atoms with E-state index in [2.05, 4.69) is 15.3 Å². The number of carbonyl (C=O) groups is 2. The summed E-state index contributed by atoms with van der Waals surface area (Å²) in [4.78, 5) is 30.5. The Labute approximate surface area is 113 Å². The maximum Gasteiger partial charge on any atom is 0.354 e. The molecule has 0 aliphatic heterocycles. The molecule has 98 valence electrons. The third-order valence-electron chi connectivity index (χ3n) is 2.30. The van der Waals surface area contributed by atoms with Crippen LogP contribution in [0.2, 0.25) is 0 Å². The minimum atomic E-state index is -1.16. The maximum atomic E-state index is 11.8. The number of hydrogen-bond acceptors (Lipinski definition) is 5. The number of thiazole rings is 1. The molecule has 2 N–H and O–H groups in total. The lowest BCUT2D eigenvalue weighted by atomic mass is 10.3. The van der Waals surface area contributed by atoms with Gasteiger partial charge in [-0.15, -0.1) is 11.3 Å². The van der Waals surface area contributed by atoms with Gasteiger partial charge in [-0.3, -0.25) is 4.79 Å². The van der Waals surface area contributed by atoms with Gasteiger partial charge in [0.1, 0.15) is 11.4 Å². The fourth-order valence-corrected chi connectivity index (χ4v) is 2.04. The second-order valence-electron chi connectivity index (χ2n) is 3.75. The first-order valence-corrected chi connectivity index (χ1v) is 6.34. The zero-order valence-electron chi connectivity index (χ0n) is 10.1. The summed E-state index contributed by atoms with van der Waals surface area (Å²) in [7, 11) is 0. The maximum absolute atomic E-state index is 11.8. The summed E-state index contributed by atoms with van der Waals surface area (Å²) in [5, 5.41) is 14.2. The van der Waals surface area contributed by atoms with Crippen LogP contribution < -0.4 is 5.32 Å². The first kappa shape index (κ1) is 13.2. The SMILES string of the molecule is Cc1nc(CNC(=O)c2cccc(C(=O)O)n2)cs1. The van der Waals surface area contributed by atoms with E-state index in [0.717, 1.165) is 10.7 Å². The van der Waals surface area contributed by atoms with Crippen molar-refractivity contribution in [1.82, 2.24) is 15.3 Å². The number of amides is 1. The number of nitrogens with one attached hydrogen (secondary N) is 1. The average molecular weight is 277 g/mol. The van der Waals surface area contributed by atoms with Crippen molar-refractivity contribution in [3.8, 4) is 0 Å². The van der Waals surface area contributed by atoms with Crippen LogP contribution in [0.25, 0.3) is 0 Å². The fraction of sp³-hybridized carbons (Fsp3) is 0.167. The molecule has 19 heavy (non-hydrogen) atoms. The van der Waals surface area contributed by atoms with E-state index in [9.17, 15) is 9.59 Å². The minimum absolute atomic E-state index is 0.0758. The smallest absolute Gasteiger partial charge is 0.354 e. The summed E-state index contributed by atoms with van der Waals surface area (Å²) in [6.07, 6.45) is 0. The molecule has 0 spiro atoms. The van der Waals surface area contributed by atoms with Crippen LogP contribution >= 0.6 is 11.3 Å². The standard InChI is InChI=1S/C12H11N3O3S/c1-7-14-8(6-19-7)5-13-11(16)9-3-2-4-10(15-9)12(17)18/h2-4,6H,5H2,1H3,(H,13,16)(H,17,18). The molecule has 0 atom stereocenters. The first-order chi connectivity index (χ1) is 9.06. The van der Waals surface area contributed by atoms with Crippen molar-refractivity contribution < 1.29 is 14.7 Å². The van der Waals surface area contributed by atoms with Crippen LogP contribution in [0, 0.1) is 6.92 Å². The summed E-state index contributed by atoms with van der Waals surface area (Å²) in [5.41, 5.74) is 0.689. The topological polar surface area (TPSA) is 92.2 Å². The van der Waals surface area contributed by atoms with Crippen molar-refractivity contribution in [2.45, 2.75) is 13.5 Å². The number of aromatic nitrogens is 2. The van der Waals surface area contributed by atoms with E-state index in [-0.39, 0.29) is 11.4 Å². The molecular weight excluding hydrogens is 266 g/mol. The predicted octanol–water partition coefficient (Wildman–Crippen LogP) is 1.47. The van der Waals surface area contributed by atoms with E-state index >= 15 is 0 Å². The Morgan fingerprint density at radius 2 is 2.05 bits per heavy atom. The van der Waals surface area contributed by atoms with Gasteiger partial charge in [0, 0.05) is 5.38 Å². The van der Waals surface area contributed by atoms with E-state index in [1.807, 2.05) is 12.3 Å². The van der Waals surface area contributed by atoms with Crippen molar-refractivity contribution in [2.75, 3.05) is 0 Å². The summed E-state index contributed by atoms with van der Waals surface area (Å²) >= 11 is 1.50. The van der Waals surface area contributed by atoms with Gasteiger partial charge in [0.25, 0.3) is 5.91 Å². The van der Waals surface area contributed by atoms with Gasteiger partial charge in [0.2, 0.25) is 0 Å². The summed E-state index contributed by atoms with van der Waals surface area (Å²) < 4.78 is 0. The van der Waals surface area contributed by atoms with E-state index in [1.54, 1.807) is 0 Å². The molecule has 0 saturated carbocycles. The molecule has 2 aromatic rings. The molecular formula is C12H11N3O3S. The number of aryl methyl sites for hydroxylation is 1. The van der Waals surface area contributed by atoms with Gasteiger partial charge in [-0.05, 0) is 19.1 Å². The highest BCUT2D eigenvalue weighted by atomic mass is 32.1.